The summed E-state index contributed by atoms with van der Waals surface area (Å²) in [6.45, 7) is -0.160. The van der Waals surface area contributed by atoms with Crippen molar-refractivity contribution in [2.24, 2.45) is 0 Å². The van der Waals surface area contributed by atoms with Crippen molar-refractivity contribution in [3.05, 3.63) is 0 Å². The molecule has 1 aliphatic rings. The van der Waals surface area contributed by atoms with Gasteiger partial charge in [-0.15, -0.1) is 0 Å². The molecular formula is C10H14F4N2O3. The van der Waals surface area contributed by atoms with Crippen molar-refractivity contribution in [1.82, 2.24) is 9.80 Å². The third kappa shape index (κ3) is 4.05. The highest BCUT2D eigenvalue weighted by molar-refractivity contribution is 5.84. The minimum atomic E-state index is -4.69. The lowest BCUT2D eigenvalue weighted by Gasteiger charge is -2.25. The fourth-order valence-corrected chi connectivity index (χ4v) is 1.83. The zero-order valence-electron chi connectivity index (χ0n) is 9.99. The molecule has 1 amide bonds. The molecule has 1 saturated heterocycles. The van der Waals surface area contributed by atoms with Gasteiger partial charge in [0.05, 0.1) is 6.54 Å². The lowest BCUT2D eigenvalue weighted by atomic mass is 10.2. The summed E-state index contributed by atoms with van der Waals surface area (Å²) in [4.78, 5) is 23.9. The Labute approximate surface area is 106 Å². The minimum Gasteiger partial charge on any atom is -0.480 e. The van der Waals surface area contributed by atoms with Crippen LogP contribution in [0.3, 0.4) is 0 Å². The SMILES string of the molecule is O=C(O)CN1CCCN(C(=O)C(F)(F)C(F)F)CC1. The van der Waals surface area contributed by atoms with Crippen molar-refractivity contribution >= 4 is 11.9 Å². The number of rotatable bonds is 4. The highest BCUT2D eigenvalue weighted by Gasteiger charge is 2.51. The van der Waals surface area contributed by atoms with E-state index in [4.69, 9.17) is 5.11 Å². The third-order valence-electron chi connectivity index (χ3n) is 2.79. The molecule has 0 bridgehead atoms. The quantitative estimate of drug-likeness (QED) is 0.765. The van der Waals surface area contributed by atoms with E-state index in [2.05, 4.69) is 0 Å². The monoisotopic (exact) mass is 286 g/mol. The van der Waals surface area contributed by atoms with Crippen LogP contribution in [0.2, 0.25) is 0 Å². The molecule has 0 aliphatic carbocycles. The van der Waals surface area contributed by atoms with E-state index >= 15 is 0 Å². The number of aliphatic carboxylic acids is 1. The van der Waals surface area contributed by atoms with Gasteiger partial charge in [-0.05, 0) is 6.42 Å². The molecule has 0 aromatic carbocycles. The fourth-order valence-electron chi connectivity index (χ4n) is 1.83. The van der Waals surface area contributed by atoms with E-state index in [-0.39, 0.29) is 32.6 Å². The van der Waals surface area contributed by atoms with Crippen LogP contribution in [0.15, 0.2) is 0 Å². The van der Waals surface area contributed by atoms with Crippen LogP contribution in [-0.4, -0.2) is 71.9 Å². The summed E-state index contributed by atoms with van der Waals surface area (Å²) in [6.07, 6.45) is -3.78. The normalized spacial score (nSPS) is 18.5. The smallest absolute Gasteiger partial charge is 0.383 e. The maximum Gasteiger partial charge on any atom is 0.383 e. The van der Waals surface area contributed by atoms with E-state index < -0.39 is 24.2 Å². The number of carboxylic acids is 1. The van der Waals surface area contributed by atoms with Gasteiger partial charge in [0.1, 0.15) is 0 Å². The number of carbonyl (C=O) groups excluding carboxylic acids is 1. The molecule has 1 rings (SSSR count). The predicted molar refractivity (Wildman–Crippen MR) is 56.2 cm³/mol. The summed E-state index contributed by atoms with van der Waals surface area (Å²) in [7, 11) is 0. The Hall–Kier alpha value is -1.38. The molecule has 1 heterocycles. The van der Waals surface area contributed by atoms with Crippen LogP contribution in [-0.2, 0) is 9.59 Å². The Morgan fingerprint density at radius 1 is 1.16 bits per heavy atom. The molecule has 0 unspecified atom stereocenters. The van der Waals surface area contributed by atoms with Gasteiger partial charge in [0.2, 0.25) is 0 Å². The summed E-state index contributed by atoms with van der Waals surface area (Å²) in [5, 5.41) is 8.59. The number of nitrogens with zero attached hydrogens (tertiary/aromatic N) is 2. The second-order valence-electron chi connectivity index (χ2n) is 4.24. The van der Waals surface area contributed by atoms with Crippen molar-refractivity contribution in [3.63, 3.8) is 0 Å². The van der Waals surface area contributed by atoms with Crippen LogP contribution in [0, 0.1) is 0 Å². The topological polar surface area (TPSA) is 60.9 Å². The van der Waals surface area contributed by atoms with Crippen LogP contribution < -0.4 is 0 Å². The summed E-state index contributed by atoms with van der Waals surface area (Å²) < 4.78 is 50.0. The first-order chi connectivity index (χ1) is 8.75. The Morgan fingerprint density at radius 3 is 2.32 bits per heavy atom. The van der Waals surface area contributed by atoms with Gasteiger partial charge >= 0.3 is 18.3 Å². The molecule has 1 N–H and O–H groups in total. The van der Waals surface area contributed by atoms with E-state index in [0.29, 0.717) is 11.4 Å². The standard InChI is InChI=1S/C10H14F4N2O3/c11-8(12)10(13,14)9(19)16-3-1-2-15(4-5-16)6-7(17)18/h8H,1-6H2,(H,17,18). The molecule has 0 radical (unpaired) electrons. The molecule has 0 saturated carbocycles. The van der Waals surface area contributed by atoms with Crippen LogP contribution >= 0.6 is 0 Å². The zero-order chi connectivity index (χ0) is 14.6. The molecular weight excluding hydrogens is 272 g/mol. The van der Waals surface area contributed by atoms with E-state index in [9.17, 15) is 27.2 Å². The molecule has 0 aromatic rings. The summed E-state index contributed by atoms with van der Waals surface area (Å²) in [5.41, 5.74) is 0. The van der Waals surface area contributed by atoms with Crippen molar-refractivity contribution < 1.29 is 32.3 Å². The molecule has 0 spiro atoms. The molecule has 0 aromatic heterocycles. The van der Waals surface area contributed by atoms with Crippen molar-refractivity contribution in [2.75, 3.05) is 32.7 Å². The molecule has 0 atom stereocenters. The maximum absolute atomic E-state index is 12.9. The van der Waals surface area contributed by atoms with E-state index in [0.717, 1.165) is 0 Å². The number of hydrogen-bond donors (Lipinski definition) is 1. The van der Waals surface area contributed by atoms with Crippen LogP contribution in [0.5, 0.6) is 0 Å². The molecule has 1 aliphatic heterocycles. The van der Waals surface area contributed by atoms with Gasteiger partial charge in [-0.1, -0.05) is 0 Å². The van der Waals surface area contributed by atoms with Crippen LogP contribution in [0.4, 0.5) is 17.6 Å². The number of halogens is 4. The highest BCUT2D eigenvalue weighted by atomic mass is 19.3. The third-order valence-corrected chi connectivity index (χ3v) is 2.79. The van der Waals surface area contributed by atoms with Gasteiger partial charge in [-0.25, -0.2) is 8.78 Å². The summed E-state index contributed by atoms with van der Waals surface area (Å²) in [6, 6.07) is 0. The van der Waals surface area contributed by atoms with E-state index in [1.807, 2.05) is 0 Å². The Morgan fingerprint density at radius 2 is 1.79 bits per heavy atom. The first kappa shape index (κ1) is 15.7. The lowest BCUT2D eigenvalue weighted by molar-refractivity contribution is -0.180. The Bertz CT molecular complexity index is 352. The number of carboxylic acid groups (broad SMARTS) is 1. The Kier molecular flexibility index (Phi) is 5.10. The number of alkyl halides is 4. The highest BCUT2D eigenvalue weighted by Crippen LogP contribution is 2.25. The van der Waals surface area contributed by atoms with Gasteiger partial charge in [0, 0.05) is 26.2 Å². The van der Waals surface area contributed by atoms with Gasteiger partial charge < -0.3 is 10.0 Å². The first-order valence-corrected chi connectivity index (χ1v) is 5.64. The van der Waals surface area contributed by atoms with Gasteiger partial charge in [-0.2, -0.15) is 8.78 Å². The molecule has 19 heavy (non-hydrogen) atoms. The first-order valence-electron chi connectivity index (χ1n) is 5.64. The Balaban J connectivity index is 2.62. The number of carbonyl (C=O) groups is 2. The maximum atomic E-state index is 12.9. The minimum absolute atomic E-state index is 0.0668. The zero-order valence-corrected chi connectivity index (χ0v) is 9.99. The largest absolute Gasteiger partial charge is 0.480 e. The summed E-state index contributed by atoms with van der Waals surface area (Å²) >= 11 is 0. The van der Waals surface area contributed by atoms with Crippen LogP contribution in [0.1, 0.15) is 6.42 Å². The second kappa shape index (κ2) is 6.18. The average molecular weight is 286 g/mol. The van der Waals surface area contributed by atoms with E-state index in [1.54, 1.807) is 0 Å². The number of hydrogen-bond acceptors (Lipinski definition) is 3. The second-order valence-corrected chi connectivity index (χ2v) is 4.24. The molecule has 9 heteroatoms. The lowest BCUT2D eigenvalue weighted by Crippen LogP contribution is -2.49. The van der Waals surface area contributed by atoms with Crippen LogP contribution in [0.25, 0.3) is 0 Å². The van der Waals surface area contributed by atoms with Gasteiger partial charge in [0.25, 0.3) is 5.91 Å². The predicted octanol–water partition coefficient (Wildman–Crippen LogP) is 0.506. The van der Waals surface area contributed by atoms with Crippen molar-refractivity contribution in [2.45, 2.75) is 18.8 Å². The van der Waals surface area contributed by atoms with Crippen molar-refractivity contribution in [3.8, 4) is 0 Å². The summed E-state index contributed by atoms with van der Waals surface area (Å²) in [5.74, 6) is -7.67. The molecule has 5 nitrogen and oxygen atoms in total. The number of amides is 1. The average Bonchev–Trinajstić information content (AvgIpc) is 2.52. The van der Waals surface area contributed by atoms with Crippen molar-refractivity contribution in [1.29, 1.82) is 0 Å². The molecule has 110 valence electrons. The molecule has 1 fully saturated rings. The van der Waals surface area contributed by atoms with E-state index in [1.165, 1.54) is 4.90 Å². The van der Waals surface area contributed by atoms with Gasteiger partial charge in [0.15, 0.2) is 0 Å². The van der Waals surface area contributed by atoms with Gasteiger partial charge in [-0.3, -0.25) is 14.5 Å². The fraction of sp³-hybridized carbons (Fsp3) is 0.800.